The number of ether oxygens (including phenoxy) is 1. The smallest absolute Gasteiger partial charge is 0.306 e. The fourth-order valence-electron chi connectivity index (χ4n) is 2.84. The number of carboxylic acid groups (broad SMARTS) is 1. The molecule has 0 saturated heterocycles. The Hall–Kier alpha value is -1.06. The van der Waals surface area contributed by atoms with Gasteiger partial charge in [-0.05, 0) is 31.1 Å². The molecule has 1 saturated carbocycles. The predicted molar refractivity (Wildman–Crippen MR) is 65.6 cm³/mol. The first-order valence-electron chi connectivity index (χ1n) is 6.99. The summed E-state index contributed by atoms with van der Waals surface area (Å²) < 4.78 is 4.99. The van der Waals surface area contributed by atoms with Crippen molar-refractivity contribution in [3.8, 4) is 0 Å². The third-order valence-corrected chi connectivity index (χ3v) is 3.86. The van der Waals surface area contributed by atoms with Crippen LogP contribution in [0.15, 0.2) is 0 Å². The van der Waals surface area contributed by atoms with Crippen molar-refractivity contribution in [2.75, 3.05) is 6.61 Å². The zero-order valence-electron chi connectivity index (χ0n) is 11.2. The van der Waals surface area contributed by atoms with E-state index in [0.29, 0.717) is 6.61 Å². The molecule has 0 radical (unpaired) electrons. The van der Waals surface area contributed by atoms with E-state index < -0.39 is 11.9 Å². The Morgan fingerprint density at radius 1 is 1.22 bits per heavy atom. The van der Waals surface area contributed by atoms with Gasteiger partial charge in [0.25, 0.3) is 0 Å². The van der Waals surface area contributed by atoms with E-state index in [2.05, 4.69) is 6.92 Å². The van der Waals surface area contributed by atoms with Crippen molar-refractivity contribution in [2.24, 2.45) is 11.8 Å². The third kappa shape index (κ3) is 5.52. The van der Waals surface area contributed by atoms with E-state index in [4.69, 9.17) is 4.74 Å². The molecule has 0 amide bonds. The number of carbonyl (C=O) groups excluding carboxylic acids is 2. The maximum atomic E-state index is 11.2. The summed E-state index contributed by atoms with van der Waals surface area (Å²) >= 11 is 0. The van der Waals surface area contributed by atoms with Crippen molar-refractivity contribution in [1.29, 1.82) is 0 Å². The predicted octanol–water partition coefficient (Wildman–Crippen LogP) is 1.67. The Morgan fingerprint density at radius 3 is 2.61 bits per heavy atom. The zero-order chi connectivity index (χ0) is 13.4. The molecule has 0 aromatic heterocycles. The Bertz CT molecular complexity index is 275. The van der Waals surface area contributed by atoms with Crippen LogP contribution in [0.5, 0.6) is 0 Å². The van der Waals surface area contributed by atoms with Crippen LogP contribution in [0, 0.1) is 11.8 Å². The van der Waals surface area contributed by atoms with Gasteiger partial charge in [0.05, 0.1) is 13.0 Å². The van der Waals surface area contributed by atoms with Gasteiger partial charge in [0.2, 0.25) is 0 Å². The monoisotopic (exact) mass is 255 g/mol. The number of carbonyl (C=O) groups is 2. The number of rotatable bonds is 8. The van der Waals surface area contributed by atoms with Crippen LogP contribution in [-0.4, -0.2) is 18.5 Å². The van der Waals surface area contributed by atoms with Gasteiger partial charge in [0.1, 0.15) is 0 Å². The minimum Gasteiger partial charge on any atom is -0.550 e. The molecule has 0 aromatic carbocycles. The fourth-order valence-corrected chi connectivity index (χ4v) is 2.84. The molecule has 1 aliphatic carbocycles. The van der Waals surface area contributed by atoms with Gasteiger partial charge in [-0.15, -0.1) is 0 Å². The van der Waals surface area contributed by atoms with Crippen LogP contribution in [0.4, 0.5) is 0 Å². The van der Waals surface area contributed by atoms with E-state index in [-0.39, 0.29) is 12.8 Å². The van der Waals surface area contributed by atoms with Crippen LogP contribution < -0.4 is 5.11 Å². The summed E-state index contributed by atoms with van der Waals surface area (Å²) in [5.41, 5.74) is 0. The molecule has 0 spiro atoms. The van der Waals surface area contributed by atoms with E-state index >= 15 is 0 Å². The quantitative estimate of drug-likeness (QED) is 0.489. The van der Waals surface area contributed by atoms with Crippen LogP contribution in [0.2, 0.25) is 0 Å². The van der Waals surface area contributed by atoms with Crippen molar-refractivity contribution < 1.29 is 19.4 Å². The van der Waals surface area contributed by atoms with E-state index in [1.807, 2.05) is 0 Å². The van der Waals surface area contributed by atoms with E-state index in [9.17, 15) is 14.7 Å². The first-order valence-corrected chi connectivity index (χ1v) is 6.99. The van der Waals surface area contributed by atoms with Crippen molar-refractivity contribution in [1.82, 2.24) is 0 Å². The van der Waals surface area contributed by atoms with Gasteiger partial charge in [0, 0.05) is 5.97 Å². The summed E-state index contributed by atoms with van der Waals surface area (Å²) in [6, 6.07) is 0. The van der Waals surface area contributed by atoms with Crippen molar-refractivity contribution in [2.45, 2.75) is 58.3 Å². The Labute approximate surface area is 109 Å². The summed E-state index contributed by atoms with van der Waals surface area (Å²) in [6.45, 7) is 2.65. The van der Waals surface area contributed by atoms with Crippen LogP contribution >= 0.6 is 0 Å². The number of aliphatic carboxylic acids is 1. The molecule has 4 nitrogen and oxygen atoms in total. The van der Waals surface area contributed by atoms with Gasteiger partial charge in [-0.3, -0.25) is 4.79 Å². The zero-order valence-corrected chi connectivity index (χ0v) is 11.2. The lowest BCUT2D eigenvalue weighted by Crippen LogP contribution is -2.23. The van der Waals surface area contributed by atoms with Crippen molar-refractivity contribution >= 4 is 11.9 Å². The molecule has 1 fully saturated rings. The summed E-state index contributed by atoms with van der Waals surface area (Å²) in [5, 5.41) is 10.2. The highest BCUT2D eigenvalue weighted by atomic mass is 16.5. The topological polar surface area (TPSA) is 66.4 Å². The van der Waals surface area contributed by atoms with E-state index in [1.54, 1.807) is 0 Å². The van der Waals surface area contributed by atoms with E-state index in [0.717, 1.165) is 24.7 Å². The molecule has 1 aliphatic rings. The summed E-state index contributed by atoms with van der Waals surface area (Å²) in [7, 11) is 0. The van der Waals surface area contributed by atoms with Crippen LogP contribution in [0.1, 0.15) is 58.3 Å². The second-order valence-electron chi connectivity index (χ2n) is 5.09. The number of esters is 1. The normalized spacial score (nSPS) is 22.9. The lowest BCUT2D eigenvalue weighted by Gasteiger charge is -2.17. The average Bonchev–Trinajstić information content (AvgIpc) is 2.79. The molecular formula is C14H23O4-. The summed E-state index contributed by atoms with van der Waals surface area (Å²) in [5.74, 6) is -0.00272. The van der Waals surface area contributed by atoms with Crippen LogP contribution in [-0.2, 0) is 14.3 Å². The lowest BCUT2D eigenvalue weighted by molar-refractivity contribution is -0.305. The molecule has 0 heterocycles. The Balaban J connectivity index is 2.04. The molecule has 1 rings (SSSR count). The fraction of sp³-hybridized carbons (Fsp3) is 0.857. The molecule has 104 valence electrons. The summed E-state index contributed by atoms with van der Waals surface area (Å²) in [6.07, 6.45) is 6.89. The molecule has 0 N–H and O–H groups in total. The first kappa shape index (κ1) is 15.0. The van der Waals surface area contributed by atoms with Gasteiger partial charge in [0.15, 0.2) is 0 Å². The van der Waals surface area contributed by atoms with Gasteiger partial charge in [-0.25, -0.2) is 0 Å². The number of hydrogen-bond donors (Lipinski definition) is 0. The highest BCUT2D eigenvalue weighted by Crippen LogP contribution is 2.36. The molecule has 2 unspecified atom stereocenters. The van der Waals surface area contributed by atoms with Crippen LogP contribution in [0.3, 0.4) is 0 Å². The van der Waals surface area contributed by atoms with E-state index in [1.165, 1.54) is 25.7 Å². The second kappa shape index (κ2) is 8.11. The van der Waals surface area contributed by atoms with Crippen LogP contribution in [0.25, 0.3) is 0 Å². The van der Waals surface area contributed by atoms with Gasteiger partial charge in [-0.2, -0.15) is 0 Å². The Kier molecular flexibility index (Phi) is 6.76. The molecule has 2 atom stereocenters. The first-order chi connectivity index (χ1) is 8.63. The number of carboxylic acids is 1. The van der Waals surface area contributed by atoms with Crippen molar-refractivity contribution in [3.63, 3.8) is 0 Å². The third-order valence-electron chi connectivity index (χ3n) is 3.86. The number of hydrogen-bond acceptors (Lipinski definition) is 4. The standard InChI is InChI=1S/C14H24O4/c1-2-11-5-3-6-12(11)7-4-10-18-14(17)9-8-13(15)16/h11-12H,2-10H2,1H3,(H,15,16)/p-1. The maximum absolute atomic E-state index is 11.2. The minimum atomic E-state index is -1.20. The maximum Gasteiger partial charge on any atom is 0.306 e. The second-order valence-corrected chi connectivity index (χ2v) is 5.09. The van der Waals surface area contributed by atoms with Crippen molar-refractivity contribution in [3.05, 3.63) is 0 Å². The molecule has 0 aromatic rings. The SMILES string of the molecule is CCC1CCCC1CCCOC(=O)CCC(=O)[O-]. The lowest BCUT2D eigenvalue weighted by atomic mass is 9.90. The molecule has 4 heteroatoms. The molecular weight excluding hydrogens is 232 g/mol. The molecule has 18 heavy (non-hydrogen) atoms. The Morgan fingerprint density at radius 2 is 1.94 bits per heavy atom. The molecule has 0 aliphatic heterocycles. The highest BCUT2D eigenvalue weighted by Gasteiger charge is 2.24. The van der Waals surface area contributed by atoms with Gasteiger partial charge in [-0.1, -0.05) is 32.6 Å². The highest BCUT2D eigenvalue weighted by molar-refractivity contribution is 5.75. The summed E-state index contributed by atoms with van der Waals surface area (Å²) in [4.78, 5) is 21.3. The minimum absolute atomic E-state index is 0.0800. The van der Waals surface area contributed by atoms with Gasteiger partial charge >= 0.3 is 5.97 Å². The molecule has 0 bridgehead atoms. The van der Waals surface area contributed by atoms with Gasteiger partial charge < -0.3 is 14.6 Å². The largest absolute Gasteiger partial charge is 0.550 e. The average molecular weight is 255 g/mol.